The first-order valence-electron chi connectivity index (χ1n) is 8.86. The van der Waals surface area contributed by atoms with Crippen LogP contribution in [0.25, 0.3) is 11.1 Å². The molecular weight excluding hydrogens is 424 g/mol. The zero-order valence-electron chi connectivity index (χ0n) is 15.7. The van der Waals surface area contributed by atoms with Crippen molar-refractivity contribution in [2.24, 2.45) is 5.41 Å². The molecule has 8 heteroatoms. The molecule has 1 aromatic carbocycles. The predicted octanol–water partition coefficient (Wildman–Crippen LogP) is 5.95. The third kappa shape index (κ3) is 3.78. The number of anilines is 1. The van der Waals surface area contributed by atoms with Crippen molar-refractivity contribution in [1.29, 1.82) is 0 Å². The molecule has 0 spiro atoms. The zero-order chi connectivity index (χ0) is 20.7. The molecule has 1 saturated carbocycles. The van der Waals surface area contributed by atoms with Crippen molar-refractivity contribution >= 4 is 51.4 Å². The number of aryl methyl sites for hydroxylation is 1. The highest BCUT2D eigenvalue weighted by Gasteiger charge is 2.68. The van der Waals surface area contributed by atoms with E-state index in [1.165, 1.54) is 23.5 Å². The van der Waals surface area contributed by atoms with E-state index in [0.29, 0.717) is 29.0 Å². The number of halogens is 3. The molecule has 2 aromatic rings. The standard InChI is InChI=1S/C20H20Cl2FNO3S/c1-4-9-27-17(25)15-14(12-5-7-13(23)8-6-12)11(2)28-16(15)24-18(26)19(3)10-20(19,21)22/h5-8H,4,9-10H2,1-3H3,(H,24,26). The van der Waals surface area contributed by atoms with Gasteiger partial charge in [-0.2, -0.15) is 0 Å². The van der Waals surface area contributed by atoms with Crippen molar-refractivity contribution in [3.63, 3.8) is 0 Å². The molecule has 0 bridgehead atoms. The normalized spacial score (nSPS) is 19.9. The Morgan fingerprint density at radius 1 is 1.29 bits per heavy atom. The fraction of sp³-hybridized carbons (Fsp3) is 0.400. The summed E-state index contributed by atoms with van der Waals surface area (Å²) in [6.07, 6.45) is 1.00. The lowest BCUT2D eigenvalue weighted by Gasteiger charge is -2.13. The summed E-state index contributed by atoms with van der Waals surface area (Å²) in [7, 11) is 0. The van der Waals surface area contributed by atoms with E-state index in [0.717, 1.165) is 4.88 Å². The molecule has 1 aliphatic carbocycles. The van der Waals surface area contributed by atoms with Crippen LogP contribution in [0.1, 0.15) is 41.9 Å². The largest absolute Gasteiger partial charge is 0.462 e. The molecule has 0 radical (unpaired) electrons. The molecule has 1 aromatic heterocycles. The number of nitrogens with one attached hydrogen (secondary N) is 1. The summed E-state index contributed by atoms with van der Waals surface area (Å²) < 4.78 is 17.6. The number of carbonyl (C=O) groups is 2. The number of ether oxygens (including phenoxy) is 1. The second-order valence-electron chi connectivity index (χ2n) is 7.05. The lowest BCUT2D eigenvalue weighted by molar-refractivity contribution is -0.120. The molecule has 3 rings (SSSR count). The van der Waals surface area contributed by atoms with Crippen molar-refractivity contribution in [2.75, 3.05) is 11.9 Å². The average Bonchev–Trinajstić information content (AvgIpc) is 2.99. The number of benzene rings is 1. The van der Waals surface area contributed by atoms with E-state index in [1.54, 1.807) is 19.1 Å². The predicted molar refractivity (Wildman–Crippen MR) is 111 cm³/mol. The molecule has 0 saturated heterocycles. The lowest BCUT2D eigenvalue weighted by Crippen LogP contribution is -2.26. The molecule has 1 aliphatic rings. The number of esters is 1. The van der Waals surface area contributed by atoms with Gasteiger partial charge in [0.2, 0.25) is 5.91 Å². The van der Waals surface area contributed by atoms with Gasteiger partial charge in [-0.25, -0.2) is 9.18 Å². The second kappa shape index (κ2) is 7.65. The van der Waals surface area contributed by atoms with Crippen molar-refractivity contribution in [3.8, 4) is 11.1 Å². The third-order valence-corrected chi connectivity index (χ3v) is 6.97. The smallest absolute Gasteiger partial charge is 0.341 e. The van der Waals surface area contributed by atoms with Crippen molar-refractivity contribution < 1.29 is 18.7 Å². The SMILES string of the molecule is CCCOC(=O)c1c(NC(=O)C2(C)CC2(Cl)Cl)sc(C)c1-c1ccc(F)cc1. The van der Waals surface area contributed by atoms with Crippen LogP contribution < -0.4 is 5.32 Å². The minimum atomic E-state index is -1.12. The molecule has 4 nitrogen and oxygen atoms in total. The first-order chi connectivity index (χ1) is 13.1. The van der Waals surface area contributed by atoms with Gasteiger partial charge in [-0.3, -0.25) is 4.79 Å². The Labute approximate surface area is 177 Å². The van der Waals surface area contributed by atoms with Crippen LogP contribution in [0.5, 0.6) is 0 Å². The Hall–Kier alpha value is -1.63. The summed E-state index contributed by atoms with van der Waals surface area (Å²) in [5.74, 6) is -1.26. The topological polar surface area (TPSA) is 55.4 Å². The number of carbonyl (C=O) groups excluding carboxylic acids is 2. The Kier molecular flexibility index (Phi) is 5.76. The van der Waals surface area contributed by atoms with E-state index in [-0.39, 0.29) is 23.9 Å². The van der Waals surface area contributed by atoms with Gasteiger partial charge in [0, 0.05) is 10.4 Å². The average molecular weight is 444 g/mol. The van der Waals surface area contributed by atoms with Gasteiger partial charge in [-0.1, -0.05) is 19.1 Å². The minimum Gasteiger partial charge on any atom is -0.462 e. The Balaban J connectivity index is 2.02. The van der Waals surface area contributed by atoms with E-state index < -0.39 is 15.7 Å². The quantitative estimate of drug-likeness (QED) is 0.443. The van der Waals surface area contributed by atoms with Crippen molar-refractivity contribution in [3.05, 3.63) is 40.5 Å². The lowest BCUT2D eigenvalue weighted by atomic mass is 10.0. The van der Waals surface area contributed by atoms with E-state index in [9.17, 15) is 14.0 Å². The minimum absolute atomic E-state index is 0.258. The number of amides is 1. The van der Waals surface area contributed by atoms with Crippen molar-refractivity contribution in [2.45, 2.75) is 37.9 Å². The summed E-state index contributed by atoms with van der Waals surface area (Å²) >= 11 is 13.5. The Morgan fingerprint density at radius 2 is 1.89 bits per heavy atom. The maximum absolute atomic E-state index is 13.3. The maximum atomic E-state index is 13.3. The van der Waals surface area contributed by atoms with Crippen LogP contribution >= 0.6 is 34.5 Å². The summed E-state index contributed by atoms with van der Waals surface area (Å²) in [4.78, 5) is 26.3. The number of alkyl halides is 2. The molecule has 0 aliphatic heterocycles. The fourth-order valence-corrected chi connectivity index (χ4v) is 4.71. The molecular formula is C20H20Cl2FNO3S. The van der Waals surface area contributed by atoms with Gasteiger partial charge in [-0.15, -0.1) is 34.5 Å². The van der Waals surface area contributed by atoms with Gasteiger partial charge >= 0.3 is 5.97 Å². The van der Waals surface area contributed by atoms with Crippen molar-refractivity contribution in [1.82, 2.24) is 0 Å². The number of hydrogen-bond acceptors (Lipinski definition) is 4. The highest BCUT2D eigenvalue weighted by molar-refractivity contribution is 7.17. The summed E-state index contributed by atoms with van der Waals surface area (Å²) in [6, 6.07) is 5.84. The van der Waals surface area contributed by atoms with E-state index in [2.05, 4.69) is 5.32 Å². The highest BCUT2D eigenvalue weighted by atomic mass is 35.5. The van der Waals surface area contributed by atoms with E-state index in [4.69, 9.17) is 27.9 Å². The summed E-state index contributed by atoms with van der Waals surface area (Å²) in [6.45, 7) is 5.67. The van der Waals surface area contributed by atoms with Crippen LogP contribution in [0.15, 0.2) is 24.3 Å². The molecule has 1 heterocycles. The van der Waals surface area contributed by atoms with Gasteiger partial charge in [0.1, 0.15) is 20.7 Å². The number of hydrogen-bond donors (Lipinski definition) is 1. The Morgan fingerprint density at radius 3 is 2.43 bits per heavy atom. The monoisotopic (exact) mass is 443 g/mol. The van der Waals surface area contributed by atoms with E-state index in [1.807, 2.05) is 13.8 Å². The van der Waals surface area contributed by atoms with Gasteiger partial charge in [-0.05, 0) is 44.4 Å². The van der Waals surface area contributed by atoms with Crippen LogP contribution in [0.2, 0.25) is 0 Å². The summed E-state index contributed by atoms with van der Waals surface area (Å²) in [5.41, 5.74) is 0.621. The second-order valence-corrected chi connectivity index (χ2v) is 9.76. The van der Waals surface area contributed by atoms with Crippen LogP contribution in [0.3, 0.4) is 0 Å². The molecule has 1 unspecified atom stereocenters. The number of thiophene rings is 1. The van der Waals surface area contributed by atoms with E-state index >= 15 is 0 Å². The first-order valence-corrected chi connectivity index (χ1v) is 10.4. The van der Waals surface area contributed by atoms with Gasteiger partial charge in [0.25, 0.3) is 0 Å². The maximum Gasteiger partial charge on any atom is 0.341 e. The van der Waals surface area contributed by atoms with Gasteiger partial charge in [0.15, 0.2) is 0 Å². The molecule has 1 fully saturated rings. The van der Waals surface area contributed by atoms with Crippen LogP contribution in [0.4, 0.5) is 9.39 Å². The molecule has 1 N–H and O–H groups in total. The highest BCUT2D eigenvalue weighted by Crippen LogP contribution is 2.64. The Bertz CT molecular complexity index is 926. The van der Waals surface area contributed by atoms with Crippen LogP contribution in [0, 0.1) is 18.2 Å². The van der Waals surface area contributed by atoms with Crippen LogP contribution in [-0.4, -0.2) is 22.8 Å². The molecule has 28 heavy (non-hydrogen) atoms. The summed E-state index contributed by atoms with van der Waals surface area (Å²) in [5, 5.41) is 3.18. The zero-order valence-corrected chi connectivity index (χ0v) is 18.0. The van der Waals surface area contributed by atoms with Crippen LogP contribution in [-0.2, 0) is 9.53 Å². The first kappa shape index (κ1) is 21.1. The van der Waals surface area contributed by atoms with Gasteiger partial charge in [0.05, 0.1) is 12.0 Å². The number of rotatable bonds is 6. The third-order valence-electron chi connectivity index (χ3n) is 4.84. The molecule has 150 valence electrons. The van der Waals surface area contributed by atoms with Gasteiger partial charge < -0.3 is 10.1 Å². The fourth-order valence-electron chi connectivity index (χ4n) is 2.95. The molecule has 1 atom stereocenters. The molecule has 1 amide bonds.